The lowest BCUT2D eigenvalue weighted by Gasteiger charge is -2.07. The molecule has 1 aromatic rings. The van der Waals surface area contributed by atoms with E-state index in [1.807, 2.05) is 0 Å². The fourth-order valence-corrected chi connectivity index (χ4v) is 1.05. The van der Waals surface area contributed by atoms with E-state index in [9.17, 15) is 9.59 Å². The lowest BCUT2D eigenvalue weighted by atomic mass is 10.4. The predicted octanol–water partition coefficient (Wildman–Crippen LogP) is 0.519. The number of methoxy groups -OCH3 is 1. The van der Waals surface area contributed by atoms with Crippen LogP contribution in [0.2, 0.25) is 5.15 Å². The monoisotopic (exact) mass is 246 g/mol. The summed E-state index contributed by atoms with van der Waals surface area (Å²) in [6, 6.07) is 0. The number of carbonyl (C=O) groups excluding carboxylic acids is 1. The molecule has 16 heavy (non-hydrogen) atoms. The first-order chi connectivity index (χ1) is 7.54. The van der Waals surface area contributed by atoms with Crippen molar-refractivity contribution < 1.29 is 24.2 Å². The Balaban J connectivity index is 2.84. The minimum absolute atomic E-state index is 0.0251. The maximum atomic E-state index is 11.0. The molecule has 0 saturated heterocycles. The molecule has 0 unspecified atom stereocenters. The molecule has 7 nitrogen and oxygen atoms in total. The second-order valence-electron chi connectivity index (χ2n) is 2.55. The van der Waals surface area contributed by atoms with E-state index in [0.717, 1.165) is 6.33 Å². The Morgan fingerprint density at radius 1 is 1.50 bits per heavy atom. The van der Waals surface area contributed by atoms with Gasteiger partial charge in [0.15, 0.2) is 5.15 Å². The van der Waals surface area contributed by atoms with Crippen LogP contribution in [0.3, 0.4) is 0 Å². The number of hydrogen-bond acceptors (Lipinski definition) is 6. The highest BCUT2D eigenvalue weighted by molar-refractivity contribution is 6.31. The summed E-state index contributed by atoms with van der Waals surface area (Å²) in [5, 5.41) is 8.32. The van der Waals surface area contributed by atoms with Gasteiger partial charge in [-0.1, -0.05) is 11.6 Å². The number of esters is 1. The Morgan fingerprint density at radius 2 is 2.19 bits per heavy atom. The highest BCUT2D eigenvalue weighted by atomic mass is 35.5. The summed E-state index contributed by atoms with van der Waals surface area (Å²) < 4.78 is 9.45. The Labute approximate surface area is 95.0 Å². The summed E-state index contributed by atoms with van der Waals surface area (Å²) in [6.07, 6.45) is 0.291. The average molecular weight is 247 g/mol. The number of carboxylic acids is 1. The third kappa shape index (κ3) is 3.06. The van der Waals surface area contributed by atoms with Gasteiger partial charge in [0.05, 0.1) is 7.11 Å². The molecule has 0 radical (unpaired) electrons. The third-order valence-corrected chi connectivity index (χ3v) is 1.71. The van der Waals surface area contributed by atoms with Gasteiger partial charge in [-0.3, -0.25) is 9.59 Å². The molecule has 0 aliphatic heterocycles. The first-order valence-corrected chi connectivity index (χ1v) is 4.39. The van der Waals surface area contributed by atoms with Gasteiger partial charge in [-0.25, -0.2) is 4.98 Å². The standard InChI is InChI=1S/C8H7ClN2O5/c1-15-6-7(9)10-3-11-8(6)16-5(14)2-4(12)13/h3H,2H2,1H3,(H,12,13). The van der Waals surface area contributed by atoms with E-state index in [4.69, 9.17) is 21.4 Å². The smallest absolute Gasteiger partial charge is 0.324 e. The quantitative estimate of drug-likeness (QED) is 0.470. The molecule has 0 spiro atoms. The van der Waals surface area contributed by atoms with Crippen molar-refractivity contribution in [3.05, 3.63) is 11.5 Å². The summed E-state index contributed by atoms with van der Waals surface area (Å²) >= 11 is 5.63. The zero-order valence-corrected chi connectivity index (χ0v) is 8.89. The second kappa shape index (κ2) is 5.26. The molecule has 0 atom stereocenters. The van der Waals surface area contributed by atoms with Gasteiger partial charge in [-0.05, 0) is 0 Å². The van der Waals surface area contributed by atoms with Crippen molar-refractivity contribution in [2.75, 3.05) is 7.11 Å². The van der Waals surface area contributed by atoms with Crippen LogP contribution in [-0.2, 0) is 9.59 Å². The zero-order valence-electron chi connectivity index (χ0n) is 8.14. The van der Waals surface area contributed by atoms with Crippen LogP contribution in [-0.4, -0.2) is 34.1 Å². The number of rotatable bonds is 4. The van der Waals surface area contributed by atoms with Crippen LogP contribution >= 0.6 is 11.6 Å². The normalized spacial score (nSPS) is 9.62. The fourth-order valence-electron chi connectivity index (χ4n) is 0.849. The summed E-state index contributed by atoms with van der Waals surface area (Å²) in [6.45, 7) is 0. The Bertz CT molecular complexity index is 423. The Hall–Kier alpha value is -1.89. The van der Waals surface area contributed by atoms with Crippen molar-refractivity contribution >= 4 is 23.5 Å². The lowest BCUT2D eigenvalue weighted by Crippen LogP contribution is -2.14. The van der Waals surface area contributed by atoms with Crippen LogP contribution in [0.5, 0.6) is 11.6 Å². The predicted molar refractivity (Wildman–Crippen MR) is 51.5 cm³/mol. The molecular weight excluding hydrogens is 240 g/mol. The first-order valence-electron chi connectivity index (χ1n) is 4.01. The maximum Gasteiger partial charge on any atom is 0.324 e. The van der Waals surface area contributed by atoms with Gasteiger partial charge in [0, 0.05) is 0 Å². The molecular formula is C8H7ClN2O5. The SMILES string of the molecule is COc1c(Cl)ncnc1OC(=O)CC(=O)O. The van der Waals surface area contributed by atoms with E-state index in [0.29, 0.717) is 0 Å². The van der Waals surface area contributed by atoms with E-state index in [2.05, 4.69) is 14.7 Å². The van der Waals surface area contributed by atoms with Crippen molar-refractivity contribution in [3.8, 4) is 11.6 Å². The Kier molecular flexibility index (Phi) is 4.01. The van der Waals surface area contributed by atoms with Gasteiger partial charge >= 0.3 is 11.9 Å². The number of carbonyl (C=O) groups is 2. The van der Waals surface area contributed by atoms with Crippen LogP contribution in [0.1, 0.15) is 6.42 Å². The largest absolute Gasteiger partial charge is 0.489 e. The highest BCUT2D eigenvalue weighted by Crippen LogP contribution is 2.30. The summed E-state index contributed by atoms with van der Waals surface area (Å²) in [4.78, 5) is 28.5. The lowest BCUT2D eigenvalue weighted by molar-refractivity contribution is -0.145. The molecule has 0 bridgehead atoms. The molecule has 8 heteroatoms. The van der Waals surface area contributed by atoms with E-state index >= 15 is 0 Å². The molecule has 0 amide bonds. The topological polar surface area (TPSA) is 98.6 Å². The number of nitrogens with zero attached hydrogens (tertiary/aromatic N) is 2. The molecule has 1 aromatic heterocycles. The van der Waals surface area contributed by atoms with Crippen molar-refractivity contribution in [2.24, 2.45) is 0 Å². The summed E-state index contributed by atoms with van der Waals surface area (Å²) in [5.74, 6) is -2.51. The van der Waals surface area contributed by atoms with Crippen molar-refractivity contribution in [2.45, 2.75) is 6.42 Å². The van der Waals surface area contributed by atoms with Crippen LogP contribution in [0.25, 0.3) is 0 Å². The minimum atomic E-state index is -1.30. The third-order valence-electron chi connectivity index (χ3n) is 1.44. The van der Waals surface area contributed by atoms with Crippen LogP contribution in [0.4, 0.5) is 0 Å². The minimum Gasteiger partial charge on any atom is -0.489 e. The zero-order chi connectivity index (χ0) is 12.1. The van der Waals surface area contributed by atoms with Gasteiger partial charge in [0.2, 0.25) is 5.75 Å². The number of halogens is 1. The van der Waals surface area contributed by atoms with Gasteiger partial charge in [0.25, 0.3) is 5.88 Å². The number of aliphatic carboxylic acids is 1. The summed E-state index contributed by atoms with van der Waals surface area (Å²) in [5.41, 5.74) is 0. The van der Waals surface area contributed by atoms with Gasteiger partial charge in [0.1, 0.15) is 12.7 Å². The summed E-state index contributed by atoms with van der Waals surface area (Å²) in [7, 11) is 1.29. The van der Waals surface area contributed by atoms with Crippen LogP contribution < -0.4 is 9.47 Å². The van der Waals surface area contributed by atoms with Gasteiger partial charge in [-0.15, -0.1) is 0 Å². The Morgan fingerprint density at radius 3 is 2.75 bits per heavy atom. The van der Waals surface area contributed by atoms with Crippen molar-refractivity contribution in [1.82, 2.24) is 9.97 Å². The molecule has 0 aliphatic rings. The van der Waals surface area contributed by atoms with E-state index in [1.54, 1.807) is 0 Å². The van der Waals surface area contributed by atoms with E-state index in [1.165, 1.54) is 7.11 Å². The van der Waals surface area contributed by atoms with E-state index in [-0.39, 0.29) is 16.8 Å². The number of ether oxygens (including phenoxy) is 2. The second-order valence-corrected chi connectivity index (χ2v) is 2.91. The first kappa shape index (κ1) is 12.2. The fraction of sp³-hybridized carbons (Fsp3) is 0.250. The average Bonchev–Trinajstić information content (AvgIpc) is 2.16. The highest BCUT2D eigenvalue weighted by Gasteiger charge is 2.17. The van der Waals surface area contributed by atoms with Crippen molar-refractivity contribution in [3.63, 3.8) is 0 Å². The molecule has 1 N–H and O–H groups in total. The van der Waals surface area contributed by atoms with Crippen LogP contribution in [0.15, 0.2) is 6.33 Å². The maximum absolute atomic E-state index is 11.0. The molecule has 0 saturated carbocycles. The number of hydrogen-bond donors (Lipinski definition) is 1. The van der Waals surface area contributed by atoms with Crippen molar-refractivity contribution in [1.29, 1.82) is 0 Å². The molecule has 1 heterocycles. The molecule has 0 aromatic carbocycles. The van der Waals surface area contributed by atoms with Gasteiger partial charge < -0.3 is 14.6 Å². The molecule has 0 fully saturated rings. The van der Waals surface area contributed by atoms with Crippen LogP contribution in [0, 0.1) is 0 Å². The number of carboxylic acid groups (broad SMARTS) is 1. The number of aromatic nitrogens is 2. The molecule has 86 valence electrons. The molecule has 1 rings (SSSR count). The van der Waals surface area contributed by atoms with E-state index < -0.39 is 18.4 Å². The van der Waals surface area contributed by atoms with Gasteiger partial charge in [-0.2, -0.15) is 4.98 Å². The molecule has 0 aliphatic carbocycles.